The zero-order valence-electron chi connectivity index (χ0n) is 13.4. The standard InChI is InChI=1S/C17H14F3N3O2/c1-22(11-7-4-3-5-8-11)16(24)13-14(17(18,19)20)21-15-12(25-2)9-6-10-23(13)15/h3-10H,1-2H3. The number of para-hydroxylation sites is 1. The predicted octanol–water partition coefficient (Wildman–Crippen LogP) is 3.64. The Balaban J connectivity index is 2.22. The van der Waals surface area contributed by atoms with Crippen molar-refractivity contribution in [2.45, 2.75) is 6.18 Å². The summed E-state index contributed by atoms with van der Waals surface area (Å²) in [5.74, 6) is -0.673. The number of methoxy groups -OCH3 is 1. The maximum absolute atomic E-state index is 13.5. The van der Waals surface area contributed by atoms with Gasteiger partial charge >= 0.3 is 6.18 Å². The molecule has 0 saturated heterocycles. The number of amides is 1. The number of hydrogen-bond acceptors (Lipinski definition) is 3. The van der Waals surface area contributed by atoms with Crippen LogP contribution in [0, 0.1) is 0 Å². The minimum Gasteiger partial charge on any atom is -0.493 e. The maximum atomic E-state index is 13.5. The number of imidazole rings is 1. The monoisotopic (exact) mass is 349 g/mol. The SMILES string of the molecule is COc1cccn2c(C(=O)N(C)c3ccccc3)c(C(F)(F)F)nc12. The first-order valence-corrected chi connectivity index (χ1v) is 7.30. The number of anilines is 1. The molecule has 0 fully saturated rings. The summed E-state index contributed by atoms with van der Waals surface area (Å²) >= 11 is 0. The molecule has 25 heavy (non-hydrogen) atoms. The third kappa shape index (κ3) is 2.90. The summed E-state index contributed by atoms with van der Waals surface area (Å²) in [4.78, 5) is 17.6. The molecule has 0 radical (unpaired) electrons. The fourth-order valence-corrected chi connectivity index (χ4v) is 2.53. The topological polar surface area (TPSA) is 46.8 Å². The zero-order chi connectivity index (χ0) is 18.2. The number of aromatic nitrogens is 2. The third-order valence-electron chi connectivity index (χ3n) is 3.75. The Morgan fingerprint density at radius 1 is 1.16 bits per heavy atom. The van der Waals surface area contributed by atoms with Crippen molar-refractivity contribution in [1.82, 2.24) is 9.38 Å². The van der Waals surface area contributed by atoms with Gasteiger partial charge in [-0.15, -0.1) is 0 Å². The molecular weight excluding hydrogens is 335 g/mol. The van der Waals surface area contributed by atoms with Gasteiger partial charge in [-0.25, -0.2) is 4.98 Å². The third-order valence-corrected chi connectivity index (χ3v) is 3.75. The van der Waals surface area contributed by atoms with E-state index in [1.807, 2.05) is 0 Å². The number of rotatable bonds is 3. The molecule has 0 saturated carbocycles. The molecular formula is C17H14F3N3O2. The van der Waals surface area contributed by atoms with Crippen molar-refractivity contribution in [3.8, 4) is 5.75 Å². The molecule has 0 bridgehead atoms. The largest absolute Gasteiger partial charge is 0.493 e. The van der Waals surface area contributed by atoms with E-state index in [1.165, 1.54) is 32.5 Å². The lowest BCUT2D eigenvalue weighted by molar-refractivity contribution is -0.141. The molecule has 5 nitrogen and oxygen atoms in total. The normalized spacial score (nSPS) is 11.6. The van der Waals surface area contributed by atoms with Crippen molar-refractivity contribution in [2.24, 2.45) is 0 Å². The van der Waals surface area contributed by atoms with Crippen LogP contribution < -0.4 is 9.64 Å². The Hall–Kier alpha value is -3.03. The van der Waals surface area contributed by atoms with Gasteiger partial charge in [0.05, 0.1) is 7.11 Å². The highest BCUT2D eigenvalue weighted by atomic mass is 19.4. The van der Waals surface area contributed by atoms with Gasteiger partial charge in [0.1, 0.15) is 5.69 Å². The van der Waals surface area contributed by atoms with Crippen molar-refractivity contribution < 1.29 is 22.7 Å². The second-order valence-corrected chi connectivity index (χ2v) is 5.28. The van der Waals surface area contributed by atoms with E-state index in [2.05, 4.69) is 4.98 Å². The molecule has 1 aromatic carbocycles. The van der Waals surface area contributed by atoms with Crippen molar-refractivity contribution in [1.29, 1.82) is 0 Å². The van der Waals surface area contributed by atoms with Crippen molar-refractivity contribution in [3.05, 3.63) is 60.0 Å². The Morgan fingerprint density at radius 3 is 2.44 bits per heavy atom. The fraction of sp³-hybridized carbons (Fsp3) is 0.176. The molecule has 130 valence electrons. The van der Waals surface area contributed by atoms with Crippen LogP contribution in [0.15, 0.2) is 48.7 Å². The number of nitrogens with zero attached hydrogens (tertiary/aromatic N) is 3. The number of pyridine rings is 1. The molecule has 0 unspecified atom stereocenters. The minimum absolute atomic E-state index is 0.0675. The number of hydrogen-bond donors (Lipinski definition) is 0. The summed E-state index contributed by atoms with van der Waals surface area (Å²) in [7, 11) is 2.74. The summed E-state index contributed by atoms with van der Waals surface area (Å²) in [5.41, 5.74) is -1.40. The van der Waals surface area contributed by atoms with Crippen LogP contribution in [0.25, 0.3) is 5.65 Å². The van der Waals surface area contributed by atoms with Crippen LogP contribution in [-0.2, 0) is 6.18 Å². The van der Waals surface area contributed by atoms with Gasteiger partial charge in [0.15, 0.2) is 17.1 Å². The molecule has 1 amide bonds. The molecule has 0 aliphatic rings. The van der Waals surface area contributed by atoms with Crippen LogP contribution >= 0.6 is 0 Å². The van der Waals surface area contributed by atoms with Crippen molar-refractivity contribution in [3.63, 3.8) is 0 Å². The van der Waals surface area contributed by atoms with Crippen LogP contribution in [0.4, 0.5) is 18.9 Å². The van der Waals surface area contributed by atoms with Crippen LogP contribution in [-0.4, -0.2) is 29.4 Å². The van der Waals surface area contributed by atoms with Gasteiger partial charge in [0, 0.05) is 18.9 Å². The lowest BCUT2D eigenvalue weighted by Gasteiger charge is -2.18. The summed E-state index contributed by atoms with van der Waals surface area (Å²) < 4.78 is 46.5. The molecule has 0 aliphatic heterocycles. The summed E-state index contributed by atoms with van der Waals surface area (Å²) in [6, 6.07) is 11.4. The molecule has 2 aromatic heterocycles. The number of alkyl halides is 3. The van der Waals surface area contributed by atoms with E-state index in [1.54, 1.807) is 30.3 Å². The zero-order valence-corrected chi connectivity index (χ0v) is 13.4. The quantitative estimate of drug-likeness (QED) is 0.725. The molecule has 2 heterocycles. The van der Waals surface area contributed by atoms with Gasteiger partial charge in [-0.2, -0.15) is 13.2 Å². The van der Waals surface area contributed by atoms with Crippen LogP contribution in [0.1, 0.15) is 16.2 Å². The van der Waals surface area contributed by atoms with E-state index >= 15 is 0 Å². The van der Waals surface area contributed by atoms with E-state index in [-0.39, 0.29) is 11.4 Å². The fourth-order valence-electron chi connectivity index (χ4n) is 2.53. The van der Waals surface area contributed by atoms with Gasteiger partial charge in [-0.05, 0) is 24.3 Å². The smallest absolute Gasteiger partial charge is 0.435 e. The number of halogens is 3. The highest BCUT2D eigenvalue weighted by molar-refractivity contribution is 6.06. The first-order valence-electron chi connectivity index (χ1n) is 7.30. The van der Waals surface area contributed by atoms with E-state index in [0.717, 1.165) is 9.30 Å². The number of carbonyl (C=O) groups excluding carboxylic acids is 1. The predicted molar refractivity (Wildman–Crippen MR) is 85.9 cm³/mol. The van der Waals surface area contributed by atoms with Crippen LogP contribution in [0.2, 0.25) is 0 Å². The van der Waals surface area contributed by atoms with Crippen LogP contribution in [0.3, 0.4) is 0 Å². The summed E-state index contributed by atoms with van der Waals surface area (Å²) in [6.07, 6.45) is -3.42. The van der Waals surface area contributed by atoms with E-state index in [9.17, 15) is 18.0 Å². The average molecular weight is 349 g/mol. The van der Waals surface area contributed by atoms with Gasteiger partial charge in [0.25, 0.3) is 5.91 Å². The summed E-state index contributed by atoms with van der Waals surface area (Å²) in [6.45, 7) is 0. The van der Waals surface area contributed by atoms with Gasteiger partial charge in [-0.1, -0.05) is 18.2 Å². The van der Waals surface area contributed by atoms with Gasteiger partial charge in [0.2, 0.25) is 0 Å². The minimum atomic E-state index is -4.78. The second kappa shape index (κ2) is 6.12. The number of benzene rings is 1. The van der Waals surface area contributed by atoms with Gasteiger partial charge in [-0.3, -0.25) is 9.20 Å². The maximum Gasteiger partial charge on any atom is 0.435 e. The highest BCUT2D eigenvalue weighted by Gasteiger charge is 2.41. The number of carbonyl (C=O) groups is 1. The van der Waals surface area contributed by atoms with Crippen molar-refractivity contribution >= 4 is 17.2 Å². The molecule has 3 rings (SSSR count). The Morgan fingerprint density at radius 2 is 1.84 bits per heavy atom. The molecule has 0 spiro atoms. The first kappa shape index (κ1) is 16.8. The summed E-state index contributed by atoms with van der Waals surface area (Å²) in [5, 5.41) is 0. The second-order valence-electron chi connectivity index (χ2n) is 5.28. The lowest BCUT2D eigenvalue weighted by Crippen LogP contribution is -2.29. The van der Waals surface area contributed by atoms with Crippen molar-refractivity contribution in [2.75, 3.05) is 19.1 Å². The molecule has 8 heteroatoms. The first-order chi connectivity index (χ1) is 11.8. The van der Waals surface area contributed by atoms with Gasteiger partial charge < -0.3 is 9.64 Å². The highest BCUT2D eigenvalue weighted by Crippen LogP contribution is 2.34. The molecule has 0 N–H and O–H groups in total. The molecule has 3 aromatic rings. The number of ether oxygens (including phenoxy) is 1. The Labute approximate surface area is 141 Å². The van der Waals surface area contributed by atoms with Crippen LogP contribution in [0.5, 0.6) is 5.75 Å². The molecule has 0 aliphatic carbocycles. The average Bonchev–Trinajstić information content (AvgIpc) is 3.01. The lowest BCUT2D eigenvalue weighted by atomic mass is 10.2. The number of fused-ring (bicyclic) bond motifs is 1. The Kier molecular flexibility index (Phi) is 4.12. The van der Waals surface area contributed by atoms with E-state index < -0.39 is 23.5 Å². The Bertz CT molecular complexity index is 920. The van der Waals surface area contributed by atoms with E-state index in [4.69, 9.17) is 4.74 Å². The molecule has 0 atom stereocenters. The van der Waals surface area contributed by atoms with E-state index in [0.29, 0.717) is 5.69 Å².